The minimum Gasteiger partial charge on any atom is -1.00 e. The van der Waals surface area contributed by atoms with Gasteiger partial charge in [0.05, 0.1) is 5.69 Å². The summed E-state index contributed by atoms with van der Waals surface area (Å²) in [5, 5.41) is 3.29. The van der Waals surface area contributed by atoms with E-state index in [1.165, 1.54) is 6.92 Å². The Morgan fingerprint density at radius 3 is 2.14 bits per heavy atom. The molecule has 0 saturated heterocycles. The van der Waals surface area contributed by atoms with Crippen LogP contribution < -0.4 is 22.3 Å². The first-order chi connectivity index (χ1) is 9.97. The lowest BCUT2D eigenvalue weighted by atomic mass is 10.1. The molecule has 22 heavy (non-hydrogen) atoms. The third kappa shape index (κ3) is 4.55. The number of carbonyl (C=O) groups is 2. The molecule has 0 radical (unpaired) electrons. The van der Waals surface area contributed by atoms with Crippen molar-refractivity contribution in [2.75, 3.05) is 5.32 Å². The van der Waals surface area contributed by atoms with Crippen molar-refractivity contribution >= 4 is 29.0 Å². The van der Waals surface area contributed by atoms with Crippen molar-refractivity contribution in [2.24, 2.45) is 0 Å². The van der Waals surface area contributed by atoms with Gasteiger partial charge in [0.1, 0.15) is 0 Å². The lowest BCUT2D eigenvalue weighted by Crippen LogP contribution is -3.00. The van der Waals surface area contributed by atoms with Crippen molar-refractivity contribution in [1.82, 2.24) is 0 Å². The summed E-state index contributed by atoms with van der Waals surface area (Å²) in [5.41, 5.74) is 1.32. The fourth-order valence-corrected chi connectivity index (χ4v) is 2.10. The van der Waals surface area contributed by atoms with Crippen molar-refractivity contribution in [1.29, 1.82) is 0 Å². The number of anilines is 1. The highest BCUT2D eigenvalue weighted by Gasteiger charge is 2.23. The van der Waals surface area contributed by atoms with Crippen LogP contribution in [-0.2, 0) is 4.79 Å². The molecule has 1 unspecified atom stereocenters. The van der Waals surface area contributed by atoms with Gasteiger partial charge in [-0.2, -0.15) is 4.57 Å². The minimum atomic E-state index is -0.336. The first-order valence-corrected chi connectivity index (χ1v) is 6.93. The van der Waals surface area contributed by atoms with E-state index in [0.717, 1.165) is 0 Å². The van der Waals surface area contributed by atoms with Crippen molar-refractivity contribution in [2.45, 2.75) is 19.9 Å². The average Bonchev–Trinajstić information content (AvgIpc) is 2.47. The van der Waals surface area contributed by atoms with Crippen molar-refractivity contribution in [3.8, 4) is 0 Å². The van der Waals surface area contributed by atoms with E-state index in [-0.39, 0.29) is 30.1 Å². The maximum atomic E-state index is 12.4. The van der Waals surface area contributed by atoms with E-state index in [1.54, 1.807) is 53.4 Å². The van der Waals surface area contributed by atoms with Crippen LogP contribution >= 0.6 is 11.6 Å². The van der Waals surface area contributed by atoms with Gasteiger partial charge in [-0.25, -0.2) is 0 Å². The number of rotatable bonds is 4. The van der Waals surface area contributed by atoms with Crippen LogP contribution in [-0.4, -0.2) is 11.7 Å². The lowest BCUT2D eigenvalue weighted by molar-refractivity contribution is -0.704. The molecule has 1 aromatic carbocycles. The highest BCUT2D eigenvalue weighted by Crippen LogP contribution is 2.14. The molecule has 0 bridgehead atoms. The molecule has 1 atom stereocenters. The van der Waals surface area contributed by atoms with Gasteiger partial charge in [-0.1, -0.05) is 11.6 Å². The van der Waals surface area contributed by atoms with Gasteiger partial charge >= 0.3 is 0 Å². The summed E-state index contributed by atoms with van der Waals surface area (Å²) in [4.78, 5) is 23.4. The van der Waals surface area contributed by atoms with Crippen molar-refractivity contribution in [3.63, 3.8) is 0 Å². The summed E-state index contributed by atoms with van der Waals surface area (Å²) in [6.45, 7) is 3.28. The zero-order valence-electron chi connectivity index (χ0n) is 12.2. The van der Waals surface area contributed by atoms with Crippen LogP contribution in [0.2, 0.25) is 5.02 Å². The monoisotopic (exact) mass is 338 g/mol. The summed E-state index contributed by atoms with van der Waals surface area (Å²) in [6, 6.07) is 10.0. The number of pyridine rings is 1. The summed E-state index contributed by atoms with van der Waals surface area (Å²) < 4.78 is 1.79. The van der Waals surface area contributed by atoms with E-state index in [1.807, 2.05) is 6.92 Å². The number of benzene rings is 1. The van der Waals surface area contributed by atoms with Gasteiger partial charge in [-0.05, 0) is 24.3 Å². The first-order valence-electron chi connectivity index (χ1n) is 6.55. The highest BCUT2D eigenvalue weighted by molar-refractivity contribution is 6.30. The predicted molar refractivity (Wildman–Crippen MR) is 81.4 cm³/mol. The van der Waals surface area contributed by atoms with Gasteiger partial charge in [-0.3, -0.25) is 9.59 Å². The largest absolute Gasteiger partial charge is 1.00 e. The standard InChI is InChI=1S/C16H15ClN2O2.ClH/c1-11(16(21)13-3-5-14(17)6-4-13)19-9-7-15(8-10-19)18-12(2)20;/h3-11H,1-2H3;1H. The fourth-order valence-electron chi connectivity index (χ4n) is 1.97. The van der Waals surface area contributed by atoms with Gasteiger partial charge in [0.15, 0.2) is 12.4 Å². The summed E-state index contributed by atoms with van der Waals surface area (Å²) >= 11 is 5.82. The van der Waals surface area contributed by atoms with E-state index in [0.29, 0.717) is 16.3 Å². The van der Waals surface area contributed by atoms with E-state index in [9.17, 15) is 9.59 Å². The molecule has 116 valence electrons. The number of hydrogen-bond acceptors (Lipinski definition) is 2. The molecular weight excluding hydrogens is 323 g/mol. The number of hydrogen-bond donors (Lipinski definition) is 1. The van der Waals surface area contributed by atoms with Gasteiger partial charge < -0.3 is 17.7 Å². The Balaban J connectivity index is 0.00000242. The molecule has 1 aromatic heterocycles. The van der Waals surface area contributed by atoms with E-state index in [4.69, 9.17) is 11.6 Å². The molecule has 0 aliphatic heterocycles. The van der Waals surface area contributed by atoms with Crippen molar-refractivity contribution < 1.29 is 26.6 Å². The number of halogens is 2. The molecule has 6 heteroatoms. The predicted octanol–water partition coefficient (Wildman–Crippen LogP) is 0.0338. The second-order valence-corrected chi connectivity index (χ2v) is 5.20. The Kier molecular flexibility index (Phi) is 6.53. The number of nitrogens with one attached hydrogen (secondary N) is 1. The van der Waals surface area contributed by atoms with Gasteiger partial charge in [0.2, 0.25) is 17.7 Å². The maximum absolute atomic E-state index is 12.4. The van der Waals surface area contributed by atoms with E-state index < -0.39 is 0 Å². The number of aromatic nitrogens is 1. The molecule has 0 fully saturated rings. The molecule has 0 spiro atoms. The minimum absolute atomic E-state index is 0. The molecular formula is C16H16Cl2N2O2. The number of Topliss-reactive ketones (excluding diaryl/α,β-unsaturated/α-hetero) is 1. The molecule has 1 amide bonds. The number of carbonyl (C=O) groups excluding carboxylic acids is 2. The van der Waals surface area contributed by atoms with Crippen LogP contribution in [0.5, 0.6) is 0 Å². The summed E-state index contributed by atoms with van der Waals surface area (Å²) in [7, 11) is 0. The SMILES string of the molecule is CC(=O)Nc1cc[n+](C(C)C(=O)c2ccc(Cl)cc2)cc1.[Cl-]. The molecule has 1 heterocycles. The molecule has 2 rings (SSSR count). The van der Waals surface area contributed by atoms with Gasteiger partial charge in [0, 0.05) is 36.6 Å². The zero-order valence-corrected chi connectivity index (χ0v) is 13.7. The second-order valence-electron chi connectivity index (χ2n) is 4.76. The number of amides is 1. The van der Waals surface area contributed by atoms with Crippen LogP contribution in [0.4, 0.5) is 5.69 Å². The van der Waals surface area contributed by atoms with Crippen LogP contribution in [0.15, 0.2) is 48.8 Å². The lowest BCUT2D eigenvalue weighted by Gasteiger charge is -2.07. The highest BCUT2D eigenvalue weighted by atomic mass is 35.5. The molecule has 0 aliphatic rings. The van der Waals surface area contributed by atoms with E-state index >= 15 is 0 Å². The Morgan fingerprint density at radius 2 is 1.64 bits per heavy atom. The average molecular weight is 339 g/mol. The Labute approximate surface area is 140 Å². The van der Waals surface area contributed by atoms with Crippen LogP contribution in [0.1, 0.15) is 30.2 Å². The second kappa shape index (κ2) is 7.92. The first kappa shape index (κ1) is 18.1. The fraction of sp³-hybridized carbons (Fsp3) is 0.188. The Bertz CT molecular complexity index is 655. The zero-order chi connectivity index (χ0) is 15.4. The topological polar surface area (TPSA) is 50.1 Å². The van der Waals surface area contributed by atoms with Gasteiger partial charge in [-0.15, -0.1) is 0 Å². The Morgan fingerprint density at radius 1 is 1.09 bits per heavy atom. The van der Waals surface area contributed by atoms with Gasteiger partial charge in [0.25, 0.3) is 0 Å². The Hall–Kier alpha value is -1.91. The molecule has 4 nitrogen and oxygen atoms in total. The van der Waals surface area contributed by atoms with Crippen LogP contribution in [0.3, 0.4) is 0 Å². The summed E-state index contributed by atoms with van der Waals surface area (Å²) in [5.74, 6) is -0.123. The molecule has 1 N–H and O–H groups in total. The third-order valence-corrected chi connectivity index (χ3v) is 3.38. The molecule has 0 aliphatic carbocycles. The summed E-state index contributed by atoms with van der Waals surface area (Å²) in [6.07, 6.45) is 3.54. The number of ketones is 1. The normalized spacial score (nSPS) is 11.2. The smallest absolute Gasteiger partial charge is 0.230 e. The number of nitrogens with zero attached hydrogens (tertiary/aromatic N) is 1. The van der Waals surface area contributed by atoms with E-state index in [2.05, 4.69) is 5.32 Å². The third-order valence-electron chi connectivity index (χ3n) is 3.13. The molecule has 0 saturated carbocycles. The van der Waals surface area contributed by atoms with Crippen molar-refractivity contribution in [3.05, 3.63) is 59.4 Å². The quantitative estimate of drug-likeness (QED) is 0.631. The van der Waals surface area contributed by atoms with Crippen LogP contribution in [0, 0.1) is 0 Å². The molecule has 2 aromatic rings. The van der Waals surface area contributed by atoms with Crippen LogP contribution in [0.25, 0.3) is 0 Å². The maximum Gasteiger partial charge on any atom is 0.230 e.